The van der Waals surface area contributed by atoms with Gasteiger partial charge in [-0.15, -0.1) is 10.2 Å². The summed E-state index contributed by atoms with van der Waals surface area (Å²) in [7, 11) is -5.23. The quantitative estimate of drug-likeness (QED) is 0.511. The van der Waals surface area contributed by atoms with Gasteiger partial charge in [-0.25, -0.2) is 4.79 Å². The molecule has 1 saturated carbocycles. The molecule has 3 rings (SSSR count). The van der Waals surface area contributed by atoms with E-state index < -0.39 is 44.6 Å². The Kier molecular flexibility index (Phi) is 7.66. The standard InChI is InChI=1S/C20H19ClF3N3O6S/c1-32-19(29)14-11-13(33-17-10-9-16(21)25-26-17)7-8-15(14)27(34(30,31)20(22,23)24)18(28)12-5-3-2-4-6-12/h7-12H,2-6H2,1H3. The molecule has 1 aliphatic rings. The molecular weight excluding hydrogens is 503 g/mol. The molecule has 14 heteroatoms. The first-order valence-electron chi connectivity index (χ1n) is 10.0. The molecule has 0 unspecified atom stereocenters. The minimum Gasteiger partial charge on any atom is -0.465 e. The number of anilines is 1. The van der Waals surface area contributed by atoms with Crippen molar-refractivity contribution in [2.24, 2.45) is 5.92 Å². The summed E-state index contributed by atoms with van der Waals surface area (Å²) in [6.07, 6.45) is 2.37. The Bertz CT molecular complexity index is 1170. The molecule has 1 aliphatic carbocycles. The molecule has 1 aromatic carbocycles. The lowest BCUT2D eigenvalue weighted by molar-refractivity contribution is -0.122. The number of benzene rings is 1. The zero-order valence-electron chi connectivity index (χ0n) is 17.7. The van der Waals surface area contributed by atoms with Crippen LogP contribution in [0.2, 0.25) is 5.15 Å². The molecule has 0 spiro atoms. The van der Waals surface area contributed by atoms with Gasteiger partial charge in [-0.05, 0) is 37.1 Å². The predicted molar refractivity (Wildman–Crippen MR) is 114 cm³/mol. The van der Waals surface area contributed by atoms with Gasteiger partial charge >= 0.3 is 21.5 Å². The highest BCUT2D eigenvalue weighted by Gasteiger charge is 2.54. The number of hydrogen-bond donors (Lipinski definition) is 0. The van der Waals surface area contributed by atoms with Crippen molar-refractivity contribution in [1.82, 2.24) is 10.2 Å². The highest BCUT2D eigenvalue weighted by atomic mass is 35.5. The number of halogens is 4. The van der Waals surface area contributed by atoms with Gasteiger partial charge in [-0.2, -0.15) is 25.9 Å². The van der Waals surface area contributed by atoms with Gasteiger partial charge in [0.05, 0.1) is 18.4 Å². The van der Waals surface area contributed by atoms with Gasteiger partial charge in [0.15, 0.2) is 5.15 Å². The fourth-order valence-corrected chi connectivity index (χ4v) is 4.61. The lowest BCUT2D eigenvalue weighted by Crippen LogP contribution is -2.48. The largest absolute Gasteiger partial charge is 0.517 e. The SMILES string of the molecule is COC(=O)c1cc(Oc2ccc(Cl)nn2)ccc1N(C(=O)C1CCCCC1)S(=O)(=O)C(F)(F)F. The topological polar surface area (TPSA) is 116 Å². The van der Waals surface area contributed by atoms with Crippen LogP contribution in [0.15, 0.2) is 30.3 Å². The highest BCUT2D eigenvalue weighted by molar-refractivity contribution is 7.94. The van der Waals surface area contributed by atoms with Crippen LogP contribution >= 0.6 is 11.6 Å². The van der Waals surface area contributed by atoms with Crippen molar-refractivity contribution in [3.8, 4) is 11.6 Å². The first kappa shape index (κ1) is 25.7. The molecule has 34 heavy (non-hydrogen) atoms. The fourth-order valence-electron chi connectivity index (χ4n) is 3.49. The van der Waals surface area contributed by atoms with E-state index >= 15 is 0 Å². The summed E-state index contributed by atoms with van der Waals surface area (Å²) in [4.78, 5) is 25.5. The van der Waals surface area contributed by atoms with Crippen LogP contribution in [0.5, 0.6) is 11.6 Å². The first-order valence-corrected chi connectivity index (χ1v) is 11.8. The minimum absolute atomic E-state index is 0.0639. The highest BCUT2D eigenvalue weighted by Crippen LogP contribution is 2.38. The molecule has 184 valence electrons. The van der Waals surface area contributed by atoms with E-state index in [4.69, 9.17) is 16.3 Å². The van der Waals surface area contributed by atoms with Crippen molar-refractivity contribution in [3.05, 3.63) is 41.0 Å². The average Bonchev–Trinajstić information content (AvgIpc) is 2.80. The van der Waals surface area contributed by atoms with Crippen LogP contribution in [0.1, 0.15) is 42.5 Å². The Morgan fingerprint density at radius 3 is 2.32 bits per heavy atom. The fraction of sp³-hybridized carbons (Fsp3) is 0.400. The first-order chi connectivity index (χ1) is 16.0. The lowest BCUT2D eigenvalue weighted by Gasteiger charge is -2.30. The van der Waals surface area contributed by atoms with E-state index in [1.165, 1.54) is 12.1 Å². The Balaban J connectivity index is 2.12. The molecule has 0 aliphatic heterocycles. The molecule has 0 N–H and O–H groups in total. The van der Waals surface area contributed by atoms with E-state index in [0.717, 1.165) is 31.7 Å². The maximum atomic E-state index is 13.6. The third-order valence-electron chi connectivity index (χ3n) is 5.11. The lowest BCUT2D eigenvalue weighted by atomic mass is 9.88. The normalized spacial score (nSPS) is 15.0. The van der Waals surface area contributed by atoms with Crippen LogP contribution in [0, 0.1) is 5.92 Å². The molecule has 9 nitrogen and oxygen atoms in total. The molecular formula is C20H19ClF3N3O6S. The van der Waals surface area contributed by atoms with Crippen molar-refractivity contribution in [2.75, 3.05) is 11.4 Å². The van der Waals surface area contributed by atoms with Crippen molar-refractivity contribution < 1.29 is 40.7 Å². The Labute approximate surface area is 197 Å². The smallest absolute Gasteiger partial charge is 0.465 e. The molecule has 0 saturated heterocycles. The van der Waals surface area contributed by atoms with E-state index in [1.807, 2.05) is 0 Å². The zero-order chi connectivity index (χ0) is 25.1. The van der Waals surface area contributed by atoms with Crippen LogP contribution in [-0.2, 0) is 19.6 Å². The van der Waals surface area contributed by atoms with Gasteiger partial charge in [-0.3, -0.25) is 4.79 Å². The van der Waals surface area contributed by atoms with E-state index in [1.54, 1.807) is 0 Å². The molecule has 0 bridgehead atoms. The molecule has 0 radical (unpaired) electrons. The van der Waals surface area contributed by atoms with Crippen molar-refractivity contribution in [2.45, 2.75) is 37.6 Å². The molecule has 1 fully saturated rings. The van der Waals surface area contributed by atoms with Gasteiger partial charge in [0.2, 0.25) is 11.8 Å². The summed E-state index contributed by atoms with van der Waals surface area (Å²) in [6, 6.07) is 5.61. The second-order valence-electron chi connectivity index (χ2n) is 7.36. The number of esters is 1. The van der Waals surface area contributed by atoms with E-state index in [2.05, 4.69) is 14.9 Å². The Morgan fingerprint density at radius 2 is 1.76 bits per heavy atom. The number of amides is 1. The number of aromatic nitrogens is 2. The summed E-state index contributed by atoms with van der Waals surface area (Å²) in [6.45, 7) is 0. The monoisotopic (exact) mass is 521 g/mol. The number of alkyl halides is 3. The Hall–Kier alpha value is -2.93. The molecule has 0 atom stereocenters. The number of nitrogens with zero attached hydrogens (tertiary/aromatic N) is 3. The zero-order valence-corrected chi connectivity index (χ0v) is 19.3. The van der Waals surface area contributed by atoms with Crippen LogP contribution < -0.4 is 9.04 Å². The van der Waals surface area contributed by atoms with Crippen molar-refractivity contribution in [1.29, 1.82) is 0 Å². The number of carbonyl (C=O) groups excluding carboxylic acids is 2. The maximum Gasteiger partial charge on any atom is 0.517 e. The molecule has 1 heterocycles. The van der Waals surface area contributed by atoms with Gasteiger partial charge in [-0.1, -0.05) is 30.9 Å². The van der Waals surface area contributed by atoms with Gasteiger partial charge in [0, 0.05) is 12.0 Å². The van der Waals surface area contributed by atoms with Crippen LogP contribution in [-0.4, -0.2) is 43.1 Å². The van der Waals surface area contributed by atoms with E-state index in [-0.39, 0.29) is 33.9 Å². The number of carbonyl (C=O) groups is 2. The van der Waals surface area contributed by atoms with Crippen molar-refractivity contribution in [3.63, 3.8) is 0 Å². The van der Waals surface area contributed by atoms with Gasteiger partial charge in [0.25, 0.3) is 0 Å². The van der Waals surface area contributed by atoms with Gasteiger partial charge < -0.3 is 9.47 Å². The molecule has 1 aromatic heterocycles. The Morgan fingerprint density at radius 1 is 1.09 bits per heavy atom. The maximum absolute atomic E-state index is 13.6. The molecule has 1 amide bonds. The van der Waals surface area contributed by atoms with Crippen LogP contribution in [0.4, 0.5) is 18.9 Å². The van der Waals surface area contributed by atoms with Crippen molar-refractivity contribution >= 4 is 39.2 Å². The van der Waals surface area contributed by atoms with Gasteiger partial charge in [0.1, 0.15) is 5.75 Å². The number of methoxy groups -OCH3 is 1. The van der Waals surface area contributed by atoms with E-state index in [0.29, 0.717) is 12.8 Å². The third kappa shape index (κ3) is 5.41. The third-order valence-corrected chi connectivity index (χ3v) is 6.75. The number of rotatable bonds is 6. The van der Waals surface area contributed by atoms with Crippen LogP contribution in [0.25, 0.3) is 0 Å². The summed E-state index contributed by atoms with van der Waals surface area (Å²) in [5, 5.41) is 7.30. The number of hydrogen-bond acceptors (Lipinski definition) is 8. The predicted octanol–water partition coefficient (Wildman–Crippen LogP) is 4.47. The summed E-state index contributed by atoms with van der Waals surface area (Å²) in [5.41, 5.74) is -7.22. The second kappa shape index (κ2) is 10.1. The average molecular weight is 522 g/mol. The minimum atomic E-state index is -6.18. The summed E-state index contributed by atoms with van der Waals surface area (Å²) in [5.74, 6) is -3.56. The van der Waals surface area contributed by atoms with E-state index in [9.17, 15) is 31.2 Å². The number of ether oxygens (including phenoxy) is 2. The van der Waals surface area contributed by atoms with Crippen LogP contribution in [0.3, 0.4) is 0 Å². The number of sulfonamides is 1. The summed E-state index contributed by atoms with van der Waals surface area (Å²) < 4.78 is 75.3. The summed E-state index contributed by atoms with van der Waals surface area (Å²) >= 11 is 5.65. The second-order valence-corrected chi connectivity index (χ2v) is 9.52. The molecule has 2 aromatic rings.